The summed E-state index contributed by atoms with van der Waals surface area (Å²) in [5.74, 6) is 0. The zero-order chi connectivity index (χ0) is 14.7. The predicted molar refractivity (Wildman–Crippen MR) is 86.8 cm³/mol. The van der Waals surface area contributed by atoms with Gasteiger partial charge in [0.25, 0.3) is 0 Å². The fourth-order valence-corrected chi connectivity index (χ4v) is 3.18. The molecule has 1 aliphatic heterocycles. The van der Waals surface area contributed by atoms with Gasteiger partial charge in [0.1, 0.15) is 0 Å². The van der Waals surface area contributed by atoms with Crippen LogP contribution >= 0.6 is 0 Å². The second-order valence-electron chi connectivity index (χ2n) is 5.93. The first kappa shape index (κ1) is 14.6. The molecule has 2 aromatic rings. The maximum atomic E-state index is 9.26. The van der Waals surface area contributed by atoms with E-state index in [1.165, 1.54) is 22.0 Å². The van der Waals surface area contributed by atoms with E-state index in [1.54, 1.807) is 0 Å². The molecular formula is C17H25N3O. The molecule has 3 rings (SSSR count). The molecule has 0 spiro atoms. The number of rotatable bonds is 5. The van der Waals surface area contributed by atoms with Crippen molar-refractivity contribution in [3.63, 3.8) is 0 Å². The number of aromatic nitrogens is 1. The lowest BCUT2D eigenvalue weighted by molar-refractivity contribution is 0.244. The van der Waals surface area contributed by atoms with E-state index in [-0.39, 0.29) is 6.61 Å². The largest absolute Gasteiger partial charge is 0.395 e. The maximum Gasteiger partial charge on any atom is 0.0610 e. The van der Waals surface area contributed by atoms with Gasteiger partial charge in [0.2, 0.25) is 0 Å². The average Bonchev–Trinajstić information content (AvgIpc) is 2.84. The highest BCUT2D eigenvalue weighted by atomic mass is 16.3. The Labute approximate surface area is 126 Å². The highest BCUT2D eigenvalue weighted by Gasteiger charge is 2.12. The minimum absolute atomic E-state index is 0.189. The van der Waals surface area contributed by atoms with Gasteiger partial charge in [0, 0.05) is 56.4 Å². The van der Waals surface area contributed by atoms with Crippen molar-refractivity contribution in [2.75, 3.05) is 39.3 Å². The minimum atomic E-state index is 0.189. The molecule has 0 bridgehead atoms. The Bertz CT molecular complexity index is 599. The van der Waals surface area contributed by atoms with Gasteiger partial charge in [-0.1, -0.05) is 12.1 Å². The number of nitrogens with one attached hydrogen (secondary N) is 1. The third-order valence-corrected chi connectivity index (χ3v) is 4.37. The van der Waals surface area contributed by atoms with Gasteiger partial charge in [-0.3, -0.25) is 0 Å². The predicted octanol–water partition coefficient (Wildman–Crippen LogP) is 1.39. The molecular weight excluding hydrogens is 262 g/mol. The van der Waals surface area contributed by atoms with Gasteiger partial charge in [-0.25, -0.2) is 0 Å². The Balaban J connectivity index is 1.80. The number of hydrogen-bond acceptors (Lipinski definition) is 3. The zero-order valence-electron chi connectivity index (χ0n) is 12.8. The molecule has 2 N–H and O–H groups in total. The summed E-state index contributed by atoms with van der Waals surface area (Å²) in [4.78, 5) is 2.53. The van der Waals surface area contributed by atoms with Crippen molar-refractivity contribution >= 4 is 10.9 Å². The lowest BCUT2D eigenvalue weighted by Crippen LogP contribution is -2.44. The van der Waals surface area contributed by atoms with Crippen molar-refractivity contribution in [3.05, 3.63) is 35.5 Å². The standard InChI is InChI=1S/C17H25N3O/c1-14-2-3-16-15(4-7-19-8-5-18-6-9-19)13-20(10-11-21)17(16)12-14/h2-3,12-13,18,21H,4-11H2,1H3. The lowest BCUT2D eigenvalue weighted by atomic mass is 10.1. The molecule has 0 atom stereocenters. The highest BCUT2D eigenvalue weighted by molar-refractivity contribution is 5.84. The monoisotopic (exact) mass is 287 g/mol. The van der Waals surface area contributed by atoms with Gasteiger partial charge >= 0.3 is 0 Å². The number of piperazine rings is 1. The van der Waals surface area contributed by atoms with E-state index < -0.39 is 0 Å². The summed E-state index contributed by atoms with van der Waals surface area (Å²) >= 11 is 0. The Morgan fingerprint density at radius 1 is 1.19 bits per heavy atom. The van der Waals surface area contributed by atoms with Crippen molar-refractivity contribution in [1.82, 2.24) is 14.8 Å². The van der Waals surface area contributed by atoms with Crippen molar-refractivity contribution in [2.24, 2.45) is 0 Å². The van der Waals surface area contributed by atoms with E-state index in [1.807, 2.05) is 0 Å². The summed E-state index contributed by atoms with van der Waals surface area (Å²) in [6.07, 6.45) is 3.31. The van der Waals surface area contributed by atoms with Gasteiger partial charge in [0.15, 0.2) is 0 Å². The Kier molecular flexibility index (Phi) is 4.58. The van der Waals surface area contributed by atoms with Crippen LogP contribution < -0.4 is 5.32 Å². The van der Waals surface area contributed by atoms with E-state index >= 15 is 0 Å². The van der Waals surface area contributed by atoms with Crippen LogP contribution in [0.3, 0.4) is 0 Å². The van der Waals surface area contributed by atoms with Crippen LogP contribution in [0.5, 0.6) is 0 Å². The lowest BCUT2D eigenvalue weighted by Gasteiger charge is -2.26. The number of aliphatic hydroxyl groups excluding tert-OH is 1. The van der Waals surface area contributed by atoms with Crippen LogP contribution in [-0.4, -0.2) is 53.9 Å². The molecule has 2 heterocycles. The molecule has 1 aromatic heterocycles. The van der Waals surface area contributed by atoms with Crippen molar-refractivity contribution in [1.29, 1.82) is 0 Å². The quantitative estimate of drug-likeness (QED) is 0.873. The molecule has 114 valence electrons. The zero-order valence-corrected chi connectivity index (χ0v) is 12.8. The van der Waals surface area contributed by atoms with E-state index in [0.29, 0.717) is 6.54 Å². The Morgan fingerprint density at radius 3 is 2.76 bits per heavy atom. The molecule has 1 fully saturated rings. The number of nitrogens with zero attached hydrogens (tertiary/aromatic N) is 2. The fraction of sp³-hybridized carbons (Fsp3) is 0.529. The third kappa shape index (κ3) is 3.28. The third-order valence-electron chi connectivity index (χ3n) is 4.37. The number of benzene rings is 1. The van der Waals surface area contributed by atoms with Crippen LogP contribution in [0.15, 0.2) is 24.4 Å². The molecule has 1 aliphatic rings. The van der Waals surface area contributed by atoms with Gasteiger partial charge in [-0.05, 0) is 30.5 Å². The SMILES string of the molecule is Cc1ccc2c(CCN3CCNCC3)cn(CCO)c2c1. The van der Waals surface area contributed by atoms with E-state index in [4.69, 9.17) is 0 Å². The Hall–Kier alpha value is -1.36. The van der Waals surface area contributed by atoms with E-state index in [9.17, 15) is 5.11 Å². The number of hydrogen-bond donors (Lipinski definition) is 2. The van der Waals surface area contributed by atoms with E-state index in [0.717, 1.165) is 39.1 Å². The van der Waals surface area contributed by atoms with Gasteiger partial charge < -0.3 is 19.9 Å². The average molecular weight is 287 g/mol. The van der Waals surface area contributed by atoms with Gasteiger partial charge in [-0.2, -0.15) is 0 Å². The number of aryl methyl sites for hydroxylation is 1. The van der Waals surface area contributed by atoms with Crippen molar-refractivity contribution in [2.45, 2.75) is 19.9 Å². The fourth-order valence-electron chi connectivity index (χ4n) is 3.18. The second kappa shape index (κ2) is 6.60. The molecule has 1 saturated heterocycles. The normalized spacial score (nSPS) is 16.7. The smallest absolute Gasteiger partial charge is 0.0610 e. The first-order chi connectivity index (χ1) is 10.3. The molecule has 0 radical (unpaired) electrons. The summed E-state index contributed by atoms with van der Waals surface area (Å²) in [5.41, 5.74) is 3.92. The summed E-state index contributed by atoms with van der Waals surface area (Å²) < 4.78 is 2.19. The van der Waals surface area contributed by atoms with Crippen LogP contribution in [0.1, 0.15) is 11.1 Å². The van der Waals surface area contributed by atoms with Crippen LogP contribution in [0.25, 0.3) is 10.9 Å². The van der Waals surface area contributed by atoms with Crippen LogP contribution in [-0.2, 0) is 13.0 Å². The summed E-state index contributed by atoms with van der Waals surface area (Å²) in [5, 5.41) is 14.0. The number of fused-ring (bicyclic) bond motifs is 1. The molecule has 4 nitrogen and oxygen atoms in total. The van der Waals surface area contributed by atoms with Crippen LogP contribution in [0.2, 0.25) is 0 Å². The van der Waals surface area contributed by atoms with Crippen molar-refractivity contribution < 1.29 is 5.11 Å². The minimum Gasteiger partial charge on any atom is -0.395 e. The van der Waals surface area contributed by atoms with Crippen LogP contribution in [0, 0.1) is 6.92 Å². The molecule has 1 aromatic carbocycles. The Morgan fingerprint density at radius 2 is 2.00 bits per heavy atom. The van der Waals surface area contributed by atoms with Crippen LogP contribution in [0.4, 0.5) is 0 Å². The van der Waals surface area contributed by atoms with Crippen molar-refractivity contribution in [3.8, 4) is 0 Å². The maximum absolute atomic E-state index is 9.26. The van der Waals surface area contributed by atoms with Gasteiger partial charge in [0.05, 0.1) is 6.61 Å². The first-order valence-electron chi connectivity index (χ1n) is 7.90. The molecule has 21 heavy (non-hydrogen) atoms. The summed E-state index contributed by atoms with van der Waals surface area (Å²) in [6, 6.07) is 6.63. The molecule has 0 saturated carbocycles. The van der Waals surface area contributed by atoms with E-state index in [2.05, 4.69) is 46.1 Å². The second-order valence-corrected chi connectivity index (χ2v) is 5.93. The molecule has 4 heteroatoms. The first-order valence-corrected chi connectivity index (χ1v) is 7.90. The topological polar surface area (TPSA) is 40.4 Å². The molecule has 0 unspecified atom stereocenters. The van der Waals surface area contributed by atoms with Gasteiger partial charge in [-0.15, -0.1) is 0 Å². The number of aliphatic hydroxyl groups is 1. The summed E-state index contributed by atoms with van der Waals surface area (Å²) in [6.45, 7) is 8.60. The summed E-state index contributed by atoms with van der Waals surface area (Å²) in [7, 11) is 0. The highest BCUT2D eigenvalue weighted by Crippen LogP contribution is 2.23. The molecule has 0 aliphatic carbocycles. The molecule has 0 amide bonds.